The summed E-state index contributed by atoms with van der Waals surface area (Å²) in [5.41, 5.74) is 7.70. The maximum atomic E-state index is 14.8. The number of amides is 1. The third-order valence-electron chi connectivity index (χ3n) is 6.14. The Kier molecular flexibility index (Phi) is 8.28. The topological polar surface area (TPSA) is 124 Å². The predicted molar refractivity (Wildman–Crippen MR) is 141 cm³/mol. The molecule has 0 aromatic carbocycles. The van der Waals surface area contributed by atoms with Gasteiger partial charge < -0.3 is 26.3 Å². The third kappa shape index (κ3) is 6.41. The van der Waals surface area contributed by atoms with Crippen LogP contribution in [0, 0.1) is 0 Å². The fraction of sp³-hybridized carbons (Fsp3) is 0.500. The number of carbonyl (C=O) groups excluding carboxylic acids is 1. The first-order chi connectivity index (χ1) is 18.5. The van der Waals surface area contributed by atoms with Gasteiger partial charge in [0, 0.05) is 38.3 Å². The Morgan fingerprint density at radius 1 is 1.18 bits per heavy atom. The van der Waals surface area contributed by atoms with Gasteiger partial charge in [-0.05, 0) is 38.5 Å². The van der Waals surface area contributed by atoms with Crippen LogP contribution in [0.15, 0.2) is 24.4 Å². The van der Waals surface area contributed by atoms with E-state index in [0.717, 1.165) is 4.90 Å². The van der Waals surface area contributed by atoms with E-state index in [4.69, 9.17) is 0 Å². The number of hydrogen-bond acceptors (Lipinski definition) is 9. The molecular formula is C24H32F4N10O. The van der Waals surface area contributed by atoms with Gasteiger partial charge in [0.25, 0.3) is 12.3 Å². The maximum Gasteiger partial charge on any atom is 0.285 e. The Bertz CT molecular complexity index is 1320. The Morgan fingerprint density at radius 3 is 2.59 bits per heavy atom. The highest BCUT2D eigenvalue weighted by atomic mass is 19.3. The minimum absolute atomic E-state index is 0.00503. The van der Waals surface area contributed by atoms with Crippen molar-refractivity contribution in [2.24, 2.45) is 0 Å². The fourth-order valence-electron chi connectivity index (χ4n) is 4.36. The first-order valence-corrected chi connectivity index (χ1v) is 12.5. The van der Waals surface area contributed by atoms with Crippen LogP contribution in [-0.2, 0) is 4.79 Å². The largest absolute Gasteiger partial charge is 0.366 e. The molecule has 1 fully saturated rings. The number of hydrazine groups is 1. The van der Waals surface area contributed by atoms with Gasteiger partial charge in [-0.3, -0.25) is 4.79 Å². The molecule has 1 atom stereocenters. The summed E-state index contributed by atoms with van der Waals surface area (Å²) in [7, 11) is 1.64. The molecule has 0 aliphatic carbocycles. The Labute approximate surface area is 222 Å². The van der Waals surface area contributed by atoms with Crippen LogP contribution in [0.2, 0.25) is 0 Å². The standard InChI is InChI=1S/C24H32F4N10O/c1-13(2)31-22-20-15(16-5-6-17(35-29-4)21(32-16)30-11-19(25)26)7-10-38(20)36-23(34-22)33-18-8-9-37(14(3)39)12-24(18,27)28/h5-7,10,13,18-19,29,35H,8-9,11-12H2,1-4H3,(H,30,32)(H2,31,33,34,36)/t18-/m1/s1. The van der Waals surface area contributed by atoms with E-state index in [0.29, 0.717) is 28.3 Å². The average Bonchev–Trinajstić information content (AvgIpc) is 3.28. The predicted octanol–water partition coefficient (Wildman–Crippen LogP) is 3.50. The van der Waals surface area contributed by atoms with Crippen molar-refractivity contribution in [1.29, 1.82) is 0 Å². The molecule has 0 radical (unpaired) electrons. The molecule has 4 heterocycles. The molecule has 1 aliphatic heterocycles. The number of rotatable bonds is 10. The lowest BCUT2D eigenvalue weighted by molar-refractivity contribution is -0.140. The van der Waals surface area contributed by atoms with Gasteiger partial charge in [-0.25, -0.2) is 32.5 Å². The Morgan fingerprint density at radius 2 is 1.95 bits per heavy atom. The molecule has 3 aromatic heterocycles. The first kappa shape index (κ1) is 28.1. The molecule has 39 heavy (non-hydrogen) atoms. The van der Waals surface area contributed by atoms with E-state index >= 15 is 0 Å². The van der Waals surface area contributed by atoms with Crippen molar-refractivity contribution < 1.29 is 22.4 Å². The van der Waals surface area contributed by atoms with Crippen LogP contribution in [0.1, 0.15) is 27.2 Å². The number of hydrogen-bond donors (Lipinski definition) is 5. The molecule has 1 aliphatic rings. The van der Waals surface area contributed by atoms with E-state index < -0.39 is 37.4 Å². The molecule has 15 heteroatoms. The van der Waals surface area contributed by atoms with Gasteiger partial charge in [-0.1, -0.05) is 0 Å². The monoisotopic (exact) mass is 552 g/mol. The van der Waals surface area contributed by atoms with Crippen LogP contribution in [0.25, 0.3) is 16.8 Å². The maximum absolute atomic E-state index is 14.8. The van der Waals surface area contributed by atoms with Crippen LogP contribution in [-0.4, -0.2) is 81.5 Å². The van der Waals surface area contributed by atoms with Gasteiger partial charge in [0.15, 0.2) is 11.6 Å². The summed E-state index contributed by atoms with van der Waals surface area (Å²) < 4.78 is 57.0. The number of carbonyl (C=O) groups is 1. The zero-order valence-corrected chi connectivity index (χ0v) is 22.0. The summed E-state index contributed by atoms with van der Waals surface area (Å²) in [4.78, 5) is 21.8. The summed E-state index contributed by atoms with van der Waals surface area (Å²) >= 11 is 0. The second kappa shape index (κ2) is 11.5. The molecule has 5 N–H and O–H groups in total. The quantitative estimate of drug-likeness (QED) is 0.190. The second-order valence-electron chi connectivity index (χ2n) is 9.53. The van der Waals surface area contributed by atoms with E-state index in [-0.39, 0.29) is 30.8 Å². The van der Waals surface area contributed by atoms with Crippen molar-refractivity contribution in [3.63, 3.8) is 0 Å². The van der Waals surface area contributed by atoms with E-state index in [9.17, 15) is 22.4 Å². The van der Waals surface area contributed by atoms with Gasteiger partial charge in [-0.2, -0.15) is 4.98 Å². The number of likely N-dealkylation sites (tertiary alicyclic amines) is 1. The smallest absolute Gasteiger partial charge is 0.285 e. The van der Waals surface area contributed by atoms with Crippen LogP contribution < -0.4 is 26.8 Å². The van der Waals surface area contributed by atoms with Crippen molar-refractivity contribution >= 4 is 34.7 Å². The summed E-state index contributed by atoms with van der Waals surface area (Å²) in [5.74, 6) is -2.98. The molecule has 11 nitrogen and oxygen atoms in total. The van der Waals surface area contributed by atoms with E-state index in [1.165, 1.54) is 11.4 Å². The molecule has 1 saturated heterocycles. The van der Waals surface area contributed by atoms with E-state index in [1.54, 1.807) is 31.4 Å². The number of halogens is 4. The number of nitrogens with one attached hydrogen (secondary N) is 5. The number of aromatic nitrogens is 4. The first-order valence-electron chi connectivity index (χ1n) is 12.5. The number of pyridine rings is 1. The van der Waals surface area contributed by atoms with Crippen molar-refractivity contribution in [2.75, 3.05) is 48.1 Å². The van der Waals surface area contributed by atoms with Gasteiger partial charge in [0.1, 0.15) is 5.52 Å². The number of nitrogens with zero attached hydrogens (tertiary/aromatic N) is 5. The molecule has 3 aromatic rings. The SMILES string of the molecule is CNNc1ccc(-c2ccn3nc(N[C@@H]4CCN(C(C)=O)CC4(F)F)nc(NC(C)C)c23)nc1NCC(F)F. The van der Waals surface area contributed by atoms with Crippen molar-refractivity contribution in [2.45, 2.75) is 51.6 Å². The van der Waals surface area contributed by atoms with Crippen LogP contribution in [0.5, 0.6) is 0 Å². The zero-order chi connectivity index (χ0) is 28.3. The summed E-state index contributed by atoms with van der Waals surface area (Å²) in [6, 6.07) is 3.83. The van der Waals surface area contributed by atoms with Crippen molar-refractivity contribution in [1.82, 2.24) is 29.9 Å². The van der Waals surface area contributed by atoms with Gasteiger partial charge in [0.05, 0.1) is 30.5 Å². The van der Waals surface area contributed by atoms with Crippen LogP contribution in [0.3, 0.4) is 0 Å². The second-order valence-corrected chi connectivity index (χ2v) is 9.53. The highest BCUT2D eigenvalue weighted by Gasteiger charge is 2.45. The summed E-state index contributed by atoms with van der Waals surface area (Å²) in [6.07, 6.45) is -0.896. The minimum Gasteiger partial charge on any atom is -0.366 e. The summed E-state index contributed by atoms with van der Waals surface area (Å²) in [5, 5.41) is 13.0. The van der Waals surface area contributed by atoms with E-state index in [1.807, 2.05) is 13.8 Å². The minimum atomic E-state index is -3.18. The Balaban J connectivity index is 1.70. The van der Waals surface area contributed by atoms with Crippen molar-refractivity contribution in [3.8, 4) is 11.3 Å². The fourth-order valence-corrected chi connectivity index (χ4v) is 4.36. The van der Waals surface area contributed by atoms with E-state index in [2.05, 4.69) is 41.9 Å². The molecule has 0 spiro atoms. The highest BCUT2D eigenvalue weighted by Crippen LogP contribution is 2.34. The third-order valence-corrected chi connectivity index (χ3v) is 6.14. The highest BCUT2D eigenvalue weighted by molar-refractivity contribution is 5.88. The lowest BCUT2D eigenvalue weighted by atomic mass is 10.0. The number of anilines is 4. The number of piperidine rings is 1. The molecule has 0 unspecified atom stereocenters. The van der Waals surface area contributed by atoms with Crippen LogP contribution >= 0.6 is 0 Å². The van der Waals surface area contributed by atoms with Gasteiger partial charge >= 0.3 is 0 Å². The normalized spacial score (nSPS) is 17.1. The van der Waals surface area contributed by atoms with Gasteiger partial charge in [-0.15, -0.1) is 5.10 Å². The molecule has 1 amide bonds. The molecule has 4 rings (SSSR count). The number of fused-ring (bicyclic) bond motifs is 1. The lowest BCUT2D eigenvalue weighted by Crippen LogP contribution is -2.55. The lowest BCUT2D eigenvalue weighted by Gasteiger charge is -2.38. The molecular weight excluding hydrogens is 520 g/mol. The molecule has 212 valence electrons. The molecule has 0 saturated carbocycles. The van der Waals surface area contributed by atoms with Crippen LogP contribution in [0.4, 0.5) is 40.8 Å². The summed E-state index contributed by atoms with van der Waals surface area (Å²) in [6.45, 7) is 4.01. The average molecular weight is 553 g/mol. The Hall–Kier alpha value is -3.88. The zero-order valence-electron chi connectivity index (χ0n) is 22.0. The van der Waals surface area contributed by atoms with Crippen molar-refractivity contribution in [3.05, 3.63) is 24.4 Å². The molecule has 0 bridgehead atoms. The number of alkyl halides is 4. The van der Waals surface area contributed by atoms with Gasteiger partial charge in [0.2, 0.25) is 11.9 Å².